The van der Waals surface area contributed by atoms with E-state index in [0.29, 0.717) is 6.54 Å². The van der Waals surface area contributed by atoms with Crippen molar-refractivity contribution in [2.24, 2.45) is 0 Å². The van der Waals surface area contributed by atoms with Crippen LogP contribution in [0.1, 0.15) is 19.4 Å². The van der Waals surface area contributed by atoms with Gasteiger partial charge in [-0.15, -0.1) is 0 Å². The number of aliphatic hydroxyl groups is 1. The molecule has 0 bridgehead atoms. The van der Waals surface area contributed by atoms with Gasteiger partial charge in [0, 0.05) is 13.1 Å². The minimum Gasteiger partial charge on any atom is -0.491 e. The summed E-state index contributed by atoms with van der Waals surface area (Å²) in [5, 5.41) is 11.8. The summed E-state index contributed by atoms with van der Waals surface area (Å²) in [6.07, 6.45) is 0.200. The van der Waals surface area contributed by atoms with Crippen LogP contribution in [0, 0.1) is 0 Å². The second-order valence-electron chi connectivity index (χ2n) is 3.71. The van der Waals surface area contributed by atoms with Gasteiger partial charge in [-0.3, -0.25) is 0 Å². The first-order valence-corrected chi connectivity index (χ1v) is 5.29. The standard InChI is InChI=1S/C12H19NO2/c1-10(2)15-12-5-3-4-11(8-12)9-13-6-7-14/h3-5,8,10,13-14H,6-7,9H2,1-2H3. The van der Waals surface area contributed by atoms with Crippen LogP contribution in [0.25, 0.3) is 0 Å². The van der Waals surface area contributed by atoms with Crippen molar-refractivity contribution in [3.8, 4) is 5.75 Å². The Morgan fingerprint density at radius 1 is 1.40 bits per heavy atom. The van der Waals surface area contributed by atoms with Crippen LogP contribution >= 0.6 is 0 Å². The minimum absolute atomic E-state index is 0.169. The average Bonchev–Trinajstić information content (AvgIpc) is 2.18. The van der Waals surface area contributed by atoms with Gasteiger partial charge in [-0.25, -0.2) is 0 Å². The molecule has 84 valence electrons. The topological polar surface area (TPSA) is 41.5 Å². The molecule has 0 heterocycles. The van der Waals surface area contributed by atoms with E-state index in [2.05, 4.69) is 5.32 Å². The zero-order chi connectivity index (χ0) is 11.1. The first-order valence-electron chi connectivity index (χ1n) is 5.29. The SMILES string of the molecule is CC(C)Oc1cccc(CNCCO)c1. The maximum Gasteiger partial charge on any atom is 0.120 e. The number of benzene rings is 1. The van der Waals surface area contributed by atoms with E-state index in [1.54, 1.807) is 0 Å². The van der Waals surface area contributed by atoms with E-state index in [-0.39, 0.29) is 12.7 Å². The lowest BCUT2D eigenvalue weighted by atomic mass is 10.2. The molecule has 0 spiro atoms. The average molecular weight is 209 g/mol. The van der Waals surface area contributed by atoms with Crippen LogP contribution < -0.4 is 10.1 Å². The predicted molar refractivity (Wildman–Crippen MR) is 61.0 cm³/mol. The fraction of sp³-hybridized carbons (Fsp3) is 0.500. The Hall–Kier alpha value is -1.06. The molecule has 1 aromatic carbocycles. The Morgan fingerprint density at radius 2 is 2.20 bits per heavy atom. The van der Waals surface area contributed by atoms with Crippen molar-refractivity contribution in [1.29, 1.82) is 0 Å². The first kappa shape index (κ1) is 12.0. The molecule has 0 amide bonds. The molecule has 0 aromatic heterocycles. The molecular weight excluding hydrogens is 190 g/mol. The molecule has 15 heavy (non-hydrogen) atoms. The lowest BCUT2D eigenvalue weighted by molar-refractivity contribution is 0.242. The Labute approximate surface area is 91.1 Å². The number of ether oxygens (including phenoxy) is 1. The van der Waals surface area contributed by atoms with Gasteiger partial charge in [-0.1, -0.05) is 12.1 Å². The second-order valence-corrected chi connectivity index (χ2v) is 3.71. The number of rotatable bonds is 6. The molecule has 1 aromatic rings. The van der Waals surface area contributed by atoms with E-state index in [0.717, 1.165) is 12.3 Å². The van der Waals surface area contributed by atoms with Gasteiger partial charge in [-0.2, -0.15) is 0 Å². The van der Waals surface area contributed by atoms with Crippen LogP contribution in [0.15, 0.2) is 24.3 Å². The summed E-state index contributed by atoms with van der Waals surface area (Å²) in [5.74, 6) is 0.897. The van der Waals surface area contributed by atoms with Crippen LogP contribution in [0.5, 0.6) is 5.75 Å². The molecule has 0 aliphatic rings. The van der Waals surface area contributed by atoms with Crippen LogP contribution in [0.4, 0.5) is 0 Å². The highest BCUT2D eigenvalue weighted by atomic mass is 16.5. The van der Waals surface area contributed by atoms with E-state index in [9.17, 15) is 0 Å². The van der Waals surface area contributed by atoms with E-state index >= 15 is 0 Å². The Balaban J connectivity index is 2.50. The van der Waals surface area contributed by atoms with Crippen molar-refractivity contribution in [2.45, 2.75) is 26.5 Å². The Bertz CT molecular complexity index is 287. The normalized spacial score (nSPS) is 10.7. The molecule has 0 fully saturated rings. The molecule has 2 N–H and O–H groups in total. The number of nitrogens with one attached hydrogen (secondary N) is 1. The number of hydrogen-bond donors (Lipinski definition) is 2. The highest BCUT2D eigenvalue weighted by Gasteiger charge is 1.98. The molecule has 0 saturated carbocycles. The van der Waals surface area contributed by atoms with Crippen molar-refractivity contribution in [3.05, 3.63) is 29.8 Å². The Kier molecular flexibility index (Phi) is 5.15. The summed E-state index contributed by atoms with van der Waals surface area (Å²) in [5.41, 5.74) is 1.17. The lowest BCUT2D eigenvalue weighted by Crippen LogP contribution is -2.17. The minimum atomic E-state index is 0.169. The molecule has 0 atom stereocenters. The van der Waals surface area contributed by atoms with E-state index in [1.165, 1.54) is 5.56 Å². The van der Waals surface area contributed by atoms with Crippen LogP contribution in [-0.2, 0) is 6.54 Å². The number of aliphatic hydroxyl groups excluding tert-OH is 1. The maximum atomic E-state index is 8.63. The zero-order valence-electron chi connectivity index (χ0n) is 9.36. The molecule has 1 rings (SSSR count). The summed E-state index contributed by atoms with van der Waals surface area (Å²) in [6.45, 7) is 5.57. The van der Waals surface area contributed by atoms with Gasteiger partial charge in [0.05, 0.1) is 12.7 Å². The summed E-state index contributed by atoms with van der Waals surface area (Å²) in [4.78, 5) is 0. The van der Waals surface area contributed by atoms with Gasteiger partial charge >= 0.3 is 0 Å². The molecule has 3 nitrogen and oxygen atoms in total. The van der Waals surface area contributed by atoms with Crippen LogP contribution in [-0.4, -0.2) is 24.4 Å². The van der Waals surface area contributed by atoms with Crippen molar-refractivity contribution >= 4 is 0 Å². The molecule has 0 saturated heterocycles. The lowest BCUT2D eigenvalue weighted by Gasteiger charge is -2.11. The second kappa shape index (κ2) is 6.43. The third kappa shape index (κ3) is 4.81. The van der Waals surface area contributed by atoms with Crippen molar-refractivity contribution < 1.29 is 9.84 Å². The molecule has 0 aliphatic heterocycles. The highest BCUT2D eigenvalue weighted by Crippen LogP contribution is 2.14. The molecule has 0 unspecified atom stereocenters. The fourth-order valence-corrected chi connectivity index (χ4v) is 1.31. The van der Waals surface area contributed by atoms with Gasteiger partial charge < -0.3 is 15.2 Å². The fourth-order valence-electron chi connectivity index (χ4n) is 1.31. The highest BCUT2D eigenvalue weighted by molar-refractivity contribution is 5.28. The molecule has 0 aliphatic carbocycles. The van der Waals surface area contributed by atoms with E-state index < -0.39 is 0 Å². The quantitative estimate of drug-likeness (QED) is 0.699. The summed E-state index contributed by atoms with van der Waals surface area (Å²) >= 11 is 0. The molecular formula is C12H19NO2. The van der Waals surface area contributed by atoms with Gasteiger partial charge in [-0.05, 0) is 31.5 Å². The summed E-state index contributed by atoms with van der Waals surface area (Å²) < 4.78 is 5.58. The monoisotopic (exact) mass is 209 g/mol. The van der Waals surface area contributed by atoms with Gasteiger partial charge in [0.25, 0.3) is 0 Å². The maximum absolute atomic E-state index is 8.63. The van der Waals surface area contributed by atoms with Crippen molar-refractivity contribution in [3.63, 3.8) is 0 Å². The van der Waals surface area contributed by atoms with Crippen molar-refractivity contribution in [2.75, 3.05) is 13.2 Å². The first-order chi connectivity index (χ1) is 7.22. The van der Waals surface area contributed by atoms with Gasteiger partial charge in [0.15, 0.2) is 0 Å². The zero-order valence-corrected chi connectivity index (χ0v) is 9.36. The third-order valence-corrected chi connectivity index (χ3v) is 1.89. The van der Waals surface area contributed by atoms with Crippen LogP contribution in [0.2, 0.25) is 0 Å². The van der Waals surface area contributed by atoms with E-state index in [4.69, 9.17) is 9.84 Å². The predicted octanol–water partition coefficient (Wildman–Crippen LogP) is 1.56. The van der Waals surface area contributed by atoms with Crippen LogP contribution in [0.3, 0.4) is 0 Å². The summed E-state index contributed by atoms with van der Waals surface area (Å²) in [7, 11) is 0. The van der Waals surface area contributed by atoms with Gasteiger partial charge in [0.2, 0.25) is 0 Å². The molecule has 0 radical (unpaired) electrons. The third-order valence-electron chi connectivity index (χ3n) is 1.89. The largest absolute Gasteiger partial charge is 0.491 e. The Morgan fingerprint density at radius 3 is 2.87 bits per heavy atom. The van der Waals surface area contributed by atoms with Gasteiger partial charge in [0.1, 0.15) is 5.75 Å². The summed E-state index contributed by atoms with van der Waals surface area (Å²) in [6, 6.07) is 7.99. The number of hydrogen-bond acceptors (Lipinski definition) is 3. The van der Waals surface area contributed by atoms with E-state index in [1.807, 2.05) is 38.1 Å². The van der Waals surface area contributed by atoms with Crippen molar-refractivity contribution in [1.82, 2.24) is 5.32 Å². The smallest absolute Gasteiger partial charge is 0.120 e. The molecule has 3 heteroatoms.